The molecule has 0 radical (unpaired) electrons. The van der Waals surface area contributed by atoms with Gasteiger partial charge in [-0.2, -0.15) is 0 Å². The molecule has 6 nitrogen and oxygen atoms in total. The van der Waals surface area contributed by atoms with Gasteiger partial charge in [0.25, 0.3) is 5.91 Å². The molecular weight excluding hydrogens is 475 g/mol. The highest BCUT2D eigenvalue weighted by molar-refractivity contribution is 6.36. The number of nitrogens with zero attached hydrogens (tertiary/aromatic N) is 1. The van der Waals surface area contributed by atoms with E-state index >= 15 is 0 Å². The number of halogens is 2. The molecule has 1 aliphatic carbocycles. The summed E-state index contributed by atoms with van der Waals surface area (Å²) in [6.45, 7) is 1.78. The van der Waals surface area contributed by atoms with E-state index in [1.54, 1.807) is 49.6 Å². The number of carbonyl (C=O) groups is 2. The van der Waals surface area contributed by atoms with Gasteiger partial charge in [-0.15, -0.1) is 0 Å². The summed E-state index contributed by atoms with van der Waals surface area (Å²) in [6.07, 6.45) is 5.79. The van der Waals surface area contributed by atoms with Gasteiger partial charge < -0.3 is 19.7 Å². The Bertz CT molecular complexity index is 942. The normalized spacial score (nSPS) is 14.8. The average molecular weight is 507 g/mol. The fraction of sp³-hybridized carbons (Fsp3) is 0.462. The van der Waals surface area contributed by atoms with E-state index in [9.17, 15) is 9.59 Å². The first kappa shape index (κ1) is 26.2. The molecule has 0 spiro atoms. The van der Waals surface area contributed by atoms with Crippen LogP contribution in [0.3, 0.4) is 0 Å². The number of rotatable bonds is 10. The summed E-state index contributed by atoms with van der Waals surface area (Å²) in [5.41, 5.74) is 0.604. The Labute approximate surface area is 211 Å². The Balaban J connectivity index is 1.78. The lowest BCUT2D eigenvalue weighted by molar-refractivity contribution is -0.143. The monoisotopic (exact) mass is 506 g/mol. The molecule has 3 rings (SSSR count). The number of methoxy groups -OCH3 is 1. The van der Waals surface area contributed by atoms with Gasteiger partial charge in [0.2, 0.25) is 5.91 Å². The Morgan fingerprint density at radius 2 is 1.65 bits per heavy atom. The molecule has 0 aliphatic heterocycles. The van der Waals surface area contributed by atoms with E-state index in [-0.39, 0.29) is 31.0 Å². The lowest BCUT2D eigenvalue weighted by atomic mass is 9.95. The number of hydrogen-bond acceptors (Lipinski definition) is 4. The minimum atomic E-state index is -0.666. The van der Waals surface area contributed by atoms with Crippen LogP contribution in [0.15, 0.2) is 42.5 Å². The summed E-state index contributed by atoms with van der Waals surface area (Å²) < 4.78 is 10.9. The van der Waals surface area contributed by atoms with Crippen molar-refractivity contribution in [2.24, 2.45) is 0 Å². The minimum absolute atomic E-state index is 0.111. The molecule has 1 unspecified atom stereocenters. The summed E-state index contributed by atoms with van der Waals surface area (Å²) in [6, 6.07) is 11.7. The molecule has 184 valence electrons. The van der Waals surface area contributed by atoms with Crippen LogP contribution in [0.5, 0.6) is 11.5 Å². The van der Waals surface area contributed by atoms with Crippen molar-refractivity contribution in [3.8, 4) is 11.5 Å². The van der Waals surface area contributed by atoms with Crippen LogP contribution in [0.4, 0.5) is 0 Å². The van der Waals surface area contributed by atoms with Crippen LogP contribution in [0.25, 0.3) is 0 Å². The van der Waals surface area contributed by atoms with Gasteiger partial charge in [0.05, 0.1) is 7.11 Å². The van der Waals surface area contributed by atoms with Crippen molar-refractivity contribution in [2.75, 3.05) is 13.7 Å². The molecule has 1 aliphatic rings. The molecule has 0 heterocycles. The topological polar surface area (TPSA) is 67.9 Å². The van der Waals surface area contributed by atoms with Gasteiger partial charge in [0.1, 0.15) is 17.5 Å². The zero-order chi connectivity index (χ0) is 24.5. The van der Waals surface area contributed by atoms with E-state index in [1.165, 1.54) is 11.3 Å². The summed E-state index contributed by atoms with van der Waals surface area (Å²) in [4.78, 5) is 28.2. The molecule has 0 saturated heterocycles. The van der Waals surface area contributed by atoms with Crippen molar-refractivity contribution in [3.05, 3.63) is 58.1 Å². The van der Waals surface area contributed by atoms with Gasteiger partial charge in [-0.25, -0.2) is 0 Å². The first-order valence-corrected chi connectivity index (χ1v) is 12.5. The van der Waals surface area contributed by atoms with Crippen LogP contribution in [0, 0.1) is 0 Å². The molecule has 1 saturated carbocycles. The van der Waals surface area contributed by atoms with E-state index in [0.717, 1.165) is 25.7 Å². The van der Waals surface area contributed by atoms with Gasteiger partial charge in [-0.3, -0.25) is 9.59 Å². The van der Waals surface area contributed by atoms with Crippen molar-refractivity contribution < 1.29 is 19.1 Å². The number of nitrogens with one attached hydrogen (secondary N) is 1. The first-order valence-electron chi connectivity index (χ1n) is 11.7. The number of carbonyl (C=O) groups excluding carboxylic acids is 2. The number of amides is 2. The summed E-state index contributed by atoms with van der Waals surface area (Å²) in [5.74, 6) is 0.747. The second-order valence-corrected chi connectivity index (χ2v) is 9.27. The van der Waals surface area contributed by atoms with Gasteiger partial charge in [0.15, 0.2) is 6.61 Å². The van der Waals surface area contributed by atoms with Gasteiger partial charge in [-0.1, -0.05) is 55.5 Å². The van der Waals surface area contributed by atoms with Crippen molar-refractivity contribution in [1.29, 1.82) is 0 Å². The lowest BCUT2D eigenvalue weighted by Gasteiger charge is -2.33. The van der Waals surface area contributed by atoms with E-state index in [2.05, 4.69) is 5.32 Å². The predicted octanol–water partition coefficient (Wildman–Crippen LogP) is 5.64. The number of ether oxygens (including phenoxy) is 2. The molecule has 1 fully saturated rings. The highest BCUT2D eigenvalue weighted by Crippen LogP contribution is 2.27. The molecule has 8 heteroatoms. The third-order valence-corrected chi connectivity index (χ3v) is 6.86. The van der Waals surface area contributed by atoms with E-state index < -0.39 is 6.04 Å². The molecular formula is C26H32Cl2N2O4. The second-order valence-electron chi connectivity index (χ2n) is 8.45. The SMILES string of the molecule is CCC(C(=O)NC1CCCCC1)N(Cc1c(Cl)cccc1Cl)C(=O)COc1ccc(OC)cc1. The second kappa shape index (κ2) is 12.9. The van der Waals surface area contributed by atoms with Crippen molar-refractivity contribution in [1.82, 2.24) is 10.2 Å². The predicted molar refractivity (Wildman–Crippen MR) is 135 cm³/mol. The number of benzene rings is 2. The molecule has 0 bridgehead atoms. The largest absolute Gasteiger partial charge is 0.497 e. The van der Waals surface area contributed by atoms with Crippen LogP contribution in [0.2, 0.25) is 10.0 Å². The van der Waals surface area contributed by atoms with Gasteiger partial charge in [0, 0.05) is 28.2 Å². The van der Waals surface area contributed by atoms with Crippen LogP contribution < -0.4 is 14.8 Å². The van der Waals surface area contributed by atoms with E-state index in [0.29, 0.717) is 33.5 Å². The molecule has 0 aromatic heterocycles. The van der Waals surface area contributed by atoms with Crippen LogP contribution >= 0.6 is 23.2 Å². The summed E-state index contributed by atoms with van der Waals surface area (Å²) in [5, 5.41) is 4.05. The molecule has 2 aromatic carbocycles. The Morgan fingerprint density at radius 1 is 1.03 bits per heavy atom. The minimum Gasteiger partial charge on any atom is -0.497 e. The zero-order valence-corrected chi connectivity index (χ0v) is 21.2. The van der Waals surface area contributed by atoms with E-state index in [4.69, 9.17) is 32.7 Å². The molecule has 2 amide bonds. The Morgan fingerprint density at radius 3 is 2.24 bits per heavy atom. The summed E-state index contributed by atoms with van der Waals surface area (Å²) in [7, 11) is 1.58. The third kappa shape index (κ3) is 7.03. The third-order valence-electron chi connectivity index (χ3n) is 6.15. The maximum atomic E-state index is 13.4. The Hall–Kier alpha value is -2.44. The van der Waals surface area contributed by atoms with Crippen LogP contribution in [-0.4, -0.2) is 42.5 Å². The maximum absolute atomic E-state index is 13.4. The molecule has 1 N–H and O–H groups in total. The molecule has 34 heavy (non-hydrogen) atoms. The number of hydrogen-bond donors (Lipinski definition) is 1. The van der Waals surface area contributed by atoms with Crippen LogP contribution in [-0.2, 0) is 16.1 Å². The van der Waals surface area contributed by atoms with Gasteiger partial charge >= 0.3 is 0 Å². The van der Waals surface area contributed by atoms with Crippen LogP contribution in [0.1, 0.15) is 51.0 Å². The quantitative estimate of drug-likeness (QED) is 0.452. The molecule has 1 atom stereocenters. The summed E-state index contributed by atoms with van der Waals surface area (Å²) >= 11 is 12.8. The van der Waals surface area contributed by atoms with Gasteiger partial charge in [-0.05, 0) is 55.7 Å². The standard InChI is InChI=1S/C26H32Cl2N2O4/c1-3-24(26(32)29-18-8-5-4-6-9-18)30(16-21-22(27)10-7-11-23(21)28)25(31)17-34-20-14-12-19(33-2)13-15-20/h7,10-15,18,24H,3-6,8-9,16-17H2,1-2H3,(H,29,32). The van der Waals surface area contributed by atoms with Crippen molar-refractivity contribution >= 4 is 35.0 Å². The highest BCUT2D eigenvalue weighted by atomic mass is 35.5. The van der Waals surface area contributed by atoms with E-state index in [1.807, 2.05) is 6.92 Å². The average Bonchev–Trinajstić information content (AvgIpc) is 2.85. The fourth-order valence-electron chi connectivity index (χ4n) is 4.22. The van der Waals surface area contributed by atoms with Crippen molar-refractivity contribution in [3.63, 3.8) is 0 Å². The fourth-order valence-corrected chi connectivity index (χ4v) is 4.73. The zero-order valence-electron chi connectivity index (χ0n) is 19.7. The Kier molecular flexibility index (Phi) is 9.90. The highest BCUT2D eigenvalue weighted by Gasteiger charge is 2.31. The lowest BCUT2D eigenvalue weighted by Crippen LogP contribution is -2.52. The first-order chi connectivity index (χ1) is 16.4. The maximum Gasteiger partial charge on any atom is 0.261 e. The molecule has 2 aromatic rings. The smallest absolute Gasteiger partial charge is 0.261 e. The van der Waals surface area contributed by atoms with Crippen molar-refractivity contribution in [2.45, 2.75) is 64.1 Å².